The van der Waals surface area contributed by atoms with Gasteiger partial charge in [0.2, 0.25) is 0 Å². The lowest BCUT2D eigenvalue weighted by atomic mass is 10.1. The van der Waals surface area contributed by atoms with Gasteiger partial charge in [-0.1, -0.05) is 235 Å². The van der Waals surface area contributed by atoms with Crippen molar-refractivity contribution in [2.24, 2.45) is 0 Å². The zero-order valence-corrected chi connectivity index (χ0v) is 64.2. The van der Waals surface area contributed by atoms with E-state index in [-0.39, 0.29) is 0 Å². The van der Waals surface area contributed by atoms with E-state index in [9.17, 15) is 0 Å². The molecule has 8 heterocycles. The van der Waals surface area contributed by atoms with Gasteiger partial charge in [0.25, 0.3) is 0 Å². The van der Waals surface area contributed by atoms with Crippen LogP contribution >= 0.6 is 0 Å². The van der Waals surface area contributed by atoms with Crippen molar-refractivity contribution < 1.29 is 0 Å². The fraction of sp³-hybridized carbons (Fsp3) is 0.375. The highest BCUT2D eigenvalue weighted by atomic mass is 15.0. The lowest BCUT2D eigenvalue weighted by molar-refractivity contribution is 0.974. The van der Waals surface area contributed by atoms with Crippen LogP contribution in [-0.4, -0.2) is 69.8 Å². The Bertz CT molecular complexity index is 2420. The molecule has 0 aliphatic heterocycles. The van der Waals surface area contributed by atoms with E-state index >= 15 is 0 Å². The second kappa shape index (κ2) is 92.4. The molecule has 0 N–H and O–H groups in total. The molecule has 0 aliphatic rings. The van der Waals surface area contributed by atoms with Gasteiger partial charge in [0.05, 0.1) is 5.69 Å². The highest BCUT2D eigenvalue weighted by molar-refractivity contribution is 5.82. The topological polar surface area (TPSA) is 180 Å². The fourth-order valence-corrected chi connectivity index (χ4v) is 4.94. The standard InChI is InChI=1S/C11H10.C7H8.3C6H7N.4C5H6N2.C4H5N3.10C2H6/c1-9-6-7-10-4-2-3-5-11(10)8-9;1-7-5-3-2-4-6-7;1-6-2-4-7-5-3-6;1-6-3-2-4-7-5-6;1-6-4-2-3-5-7-6;1-5-2-6-4-7-3-5;1-5-4-6-2-3-7-5;1-5-2-3-6-4-7-5;1-5-6-3-2-4-7-5;1-4-6-2-5-3-7-4;10*1-2/h2-8H,1H3;2-6H,1H3;3*2-5H,1H3;4*2-4H,1H3;2-3H,1H3;10*1-2H3. The molecule has 0 spiro atoms. The van der Waals surface area contributed by atoms with Crippen molar-refractivity contribution in [3.63, 3.8) is 0 Å². The molecule has 14 nitrogen and oxygen atoms in total. The molecule has 3 aromatic carbocycles. The van der Waals surface area contributed by atoms with Crippen LogP contribution in [0.1, 0.15) is 195 Å². The molecule has 0 fully saturated rings. The molecule has 11 aromatic rings. The van der Waals surface area contributed by atoms with Crippen LogP contribution in [0, 0.1) is 69.2 Å². The lowest BCUT2D eigenvalue weighted by Crippen LogP contribution is -1.84. The maximum Gasteiger partial charge on any atom is 0.128 e. The Morgan fingerprint density at radius 3 is 0.904 bits per heavy atom. The average Bonchev–Trinajstić information content (AvgIpc) is 1.38. The number of pyridine rings is 3. The first-order valence-electron chi connectivity index (χ1n) is 33.5. The van der Waals surface area contributed by atoms with E-state index in [1.165, 1.54) is 58.3 Å². The minimum atomic E-state index is 0.759. The molecule has 94 heavy (non-hydrogen) atoms. The van der Waals surface area contributed by atoms with Crippen LogP contribution in [0.5, 0.6) is 0 Å². The number of rotatable bonds is 0. The van der Waals surface area contributed by atoms with Gasteiger partial charge in [0.1, 0.15) is 37.0 Å². The molecule has 0 radical (unpaired) electrons. The first-order chi connectivity index (χ1) is 45.9. The van der Waals surface area contributed by atoms with Gasteiger partial charge < -0.3 is 0 Å². The minimum absolute atomic E-state index is 0.759. The van der Waals surface area contributed by atoms with Gasteiger partial charge in [0, 0.05) is 91.9 Å². The molecule has 8 aromatic heterocycles. The average molecular weight is 1290 g/mol. The Balaban J connectivity index is -0.000000119. The Hall–Kier alpha value is -9.30. The van der Waals surface area contributed by atoms with Crippen LogP contribution in [0.3, 0.4) is 0 Å². The third-order valence-corrected chi connectivity index (χ3v) is 8.74. The normalized spacial score (nSPS) is 7.68. The maximum atomic E-state index is 3.98. The van der Waals surface area contributed by atoms with Crippen LogP contribution < -0.4 is 0 Å². The molecule has 0 amide bonds. The molecule has 14 heteroatoms. The molecule has 0 unspecified atom stereocenters. The molecule has 0 saturated carbocycles. The van der Waals surface area contributed by atoms with E-state index in [0.29, 0.717) is 0 Å². The van der Waals surface area contributed by atoms with Gasteiger partial charge in [-0.15, -0.1) is 0 Å². The van der Waals surface area contributed by atoms with Crippen molar-refractivity contribution in [1.82, 2.24) is 69.8 Å². The van der Waals surface area contributed by atoms with Gasteiger partial charge in [-0.25, -0.2) is 44.9 Å². The van der Waals surface area contributed by atoms with Crippen LogP contribution in [0.4, 0.5) is 0 Å². The summed E-state index contributed by atoms with van der Waals surface area (Å²) in [5, 5.41) is 2.64. The summed E-state index contributed by atoms with van der Waals surface area (Å²) in [6.07, 6.45) is 28.7. The lowest BCUT2D eigenvalue weighted by Gasteiger charge is -1.96. The second-order valence-electron chi connectivity index (χ2n) is 15.6. The van der Waals surface area contributed by atoms with E-state index in [1.54, 1.807) is 80.4 Å². The van der Waals surface area contributed by atoms with Crippen molar-refractivity contribution >= 4 is 10.8 Å². The summed E-state index contributed by atoms with van der Waals surface area (Å²) in [4.78, 5) is 53.5. The maximum absolute atomic E-state index is 3.98. The summed E-state index contributed by atoms with van der Waals surface area (Å²) in [6.45, 7) is 59.7. The van der Waals surface area contributed by atoms with Crippen LogP contribution in [0.25, 0.3) is 10.8 Å². The van der Waals surface area contributed by atoms with Crippen molar-refractivity contribution in [2.45, 2.75) is 208 Å². The highest BCUT2D eigenvalue weighted by Crippen LogP contribution is 2.14. The van der Waals surface area contributed by atoms with E-state index < -0.39 is 0 Å². The fourth-order valence-electron chi connectivity index (χ4n) is 4.94. The van der Waals surface area contributed by atoms with Crippen LogP contribution in [-0.2, 0) is 0 Å². The number of hydrogen-bond acceptors (Lipinski definition) is 14. The largest absolute Gasteiger partial charge is 0.265 e. The number of aromatic nitrogens is 14. The third-order valence-electron chi connectivity index (χ3n) is 8.74. The monoisotopic (exact) mass is 1290 g/mol. The van der Waals surface area contributed by atoms with Crippen LogP contribution in [0.15, 0.2) is 233 Å². The number of fused-ring (bicyclic) bond motifs is 1. The van der Waals surface area contributed by atoms with Gasteiger partial charge in [-0.3, -0.25) is 24.9 Å². The zero-order chi connectivity index (χ0) is 73.7. The summed E-state index contributed by atoms with van der Waals surface area (Å²) in [5.74, 6) is 1.58. The highest BCUT2D eigenvalue weighted by Gasteiger charge is 1.90. The first kappa shape index (κ1) is 104. The van der Waals surface area contributed by atoms with Gasteiger partial charge >= 0.3 is 0 Å². The molecule has 0 saturated heterocycles. The van der Waals surface area contributed by atoms with Crippen LogP contribution in [0.2, 0.25) is 0 Å². The van der Waals surface area contributed by atoms with Crippen molar-refractivity contribution in [1.29, 1.82) is 0 Å². The molecule has 0 atom stereocenters. The smallest absolute Gasteiger partial charge is 0.128 e. The van der Waals surface area contributed by atoms with E-state index in [1.807, 2.05) is 267 Å². The third kappa shape index (κ3) is 80.7. The number of aryl methyl sites for hydroxylation is 10. The molecular formula is C80H128N14. The van der Waals surface area contributed by atoms with E-state index in [2.05, 4.69) is 138 Å². The quantitative estimate of drug-likeness (QED) is 0.140. The van der Waals surface area contributed by atoms with Crippen molar-refractivity contribution in [3.8, 4) is 0 Å². The summed E-state index contributed by atoms with van der Waals surface area (Å²) in [6, 6.07) is 42.6. The molecular weight excluding hydrogens is 1160 g/mol. The van der Waals surface area contributed by atoms with Gasteiger partial charge in [-0.05, 0) is 139 Å². The number of benzene rings is 3. The predicted molar refractivity (Wildman–Crippen MR) is 412 cm³/mol. The Kier molecular flexibility index (Phi) is 102. The first-order valence-corrected chi connectivity index (χ1v) is 33.5. The zero-order valence-electron chi connectivity index (χ0n) is 64.2. The molecule has 0 bridgehead atoms. The molecule has 0 aliphatic carbocycles. The predicted octanol–water partition coefficient (Wildman–Crippen LogP) is 22.9. The second-order valence-corrected chi connectivity index (χ2v) is 15.6. The Labute approximate surface area is 575 Å². The number of nitrogens with zero attached hydrogens (tertiary/aromatic N) is 14. The Morgan fingerprint density at radius 1 is 0.191 bits per heavy atom. The van der Waals surface area contributed by atoms with E-state index in [0.717, 1.165) is 34.3 Å². The summed E-state index contributed by atoms with van der Waals surface area (Å²) in [5.41, 5.74) is 9.26. The van der Waals surface area contributed by atoms with E-state index in [4.69, 9.17) is 0 Å². The summed E-state index contributed by atoms with van der Waals surface area (Å²) < 4.78 is 0. The molecule has 11 rings (SSSR count). The summed E-state index contributed by atoms with van der Waals surface area (Å²) >= 11 is 0. The summed E-state index contributed by atoms with van der Waals surface area (Å²) in [7, 11) is 0. The molecule has 518 valence electrons. The van der Waals surface area contributed by atoms with Gasteiger partial charge in [-0.2, -0.15) is 0 Å². The van der Waals surface area contributed by atoms with Crippen molar-refractivity contribution in [2.75, 3.05) is 0 Å². The SMILES string of the molecule is CC.CC.CC.CC.CC.CC.CC.CC.CC.CC.Cc1ccc2ccccc2c1.Cc1ccccc1.Cc1ccccn1.Cc1cccnc1.Cc1ccncc1.Cc1ccncn1.Cc1cnccn1.Cc1cncnc1.Cc1ncccn1.Cc1ncncn1. The minimum Gasteiger partial charge on any atom is -0.265 e. The van der Waals surface area contributed by atoms with Crippen molar-refractivity contribution in [3.05, 3.63) is 290 Å². The Morgan fingerprint density at radius 2 is 0.617 bits per heavy atom. The van der Waals surface area contributed by atoms with Gasteiger partial charge in [0.15, 0.2) is 0 Å². The number of hydrogen-bond donors (Lipinski definition) is 0.